The van der Waals surface area contributed by atoms with Crippen molar-refractivity contribution in [2.45, 2.75) is 25.9 Å². The third-order valence-electron chi connectivity index (χ3n) is 3.25. The van der Waals surface area contributed by atoms with E-state index in [1.165, 1.54) is 5.56 Å². The number of hydrogen-bond acceptors (Lipinski definition) is 3. The molecule has 1 aromatic carbocycles. The zero-order valence-electron chi connectivity index (χ0n) is 10.4. The fourth-order valence-corrected chi connectivity index (χ4v) is 2.34. The van der Waals surface area contributed by atoms with Crippen molar-refractivity contribution in [1.82, 2.24) is 4.90 Å². The number of anilines is 1. The van der Waals surface area contributed by atoms with Gasteiger partial charge in [-0.3, -0.25) is 4.90 Å². The smallest absolute Gasteiger partial charge is 0.0645 e. The van der Waals surface area contributed by atoms with Crippen molar-refractivity contribution in [2.24, 2.45) is 0 Å². The van der Waals surface area contributed by atoms with Crippen LogP contribution in [0.5, 0.6) is 0 Å². The molecule has 4 heteroatoms. The van der Waals surface area contributed by atoms with Crippen molar-refractivity contribution >= 4 is 21.6 Å². The molecule has 0 amide bonds. The summed E-state index contributed by atoms with van der Waals surface area (Å²) >= 11 is 3.42. The van der Waals surface area contributed by atoms with Crippen molar-refractivity contribution in [2.75, 3.05) is 25.5 Å². The molecule has 2 rings (SSSR count). The van der Waals surface area contributed by atoms with E-state index in [0.717, 1.165) is 36.5 Å². The second-order valence-corrected chi connectivity index (χ2v) is 6.00. The second kappa shape index (κ2) is 4.96. The number of benzene rings is 1. The predicted molar refractivity (Wildman–Crippen MR) is 73.9 cm³/mol. The molecular weight excluding hydrogens is 280 g/mol. The number of rotatable bonds is 2. The fraction of sp³-hybridized carbons (Fsp3) is 0.538. The lowest BCUT2D eigenvalue weighted by Gasteiger charge is -2.42. The topological polar surface area (TPSA) is 38.5 Å². The lowest BCUT2D eigenvalue weighted by atomic mass is 10.0. The first-order valence-electron chi connectivity index (χ1n) is 5.86. The van der Waals surface area contributed by atoms with E-state index in [1.807, 2.05) is 12.1 Å². The van der Waals surface area contributed by atoms with Crippen LogP contribution in [-0.2, 0) is 11.3 Å². The first kappa shape index (κ1) is 12.9. The Hall–Kier alpha value is -0.580. The number of nitrogen functional groups attached to an aromatic ring is 1. The molecule has 0 atom stereocenters. The number of halogens is 1. The van der Waals surface area contributed by atoms with Gasteiger partial charge in [-0.2, -0.15) is 0 Å². The van der Waals surface area contributed by atoms with Crippen LogP contribution in [0.4, 0.5) is 5.69 Å². The number of morpholine rings is 1. The van der Waals surface area contributed by atoms with Crippen molar-refractivity contribution < 1.29 is 4.74 Å². The minimum absolute atomic E-state index is 0.0973. The van der Waals surface area contributed by atoms with E-state index in [4.69, 9.17) is 10.5 Å². The highest BCUT2D eigenvalue weighted by molar-refractivity contribution is 9.10. The van der Waals surface area contributed by atoms with Crippen LogP contribution in [0.15, 0.2) is 22.7 Å². The summed E-state index contributed by atoms with van der Waals surface area (Å²) < 4.78 is 6.48. The SMILES string of the molecule is CC1(C)COCCN1Cc1ccc(Br)c(N)c1. The lowest BCUT2D eigenvalue weighted by molar-refractivity contribution is -0.0552. The van der Waals surface area contributed by atoms with Crippen LogP contribution >= 0.6 is 15.9 Å². The van der Waals surface area contributed by atoms with Crippen molar-refractivity contribution in [3.8, 4) is 0 Å². The Morgan fingerprint density at radius 1 is 1.47 bits per heavy atom. The monoisotopic (exact) mass is 298 g/mol. The molecule has 0 aromatic heterocycles. The number of ether oxygens (including phenoxy) is 1. The van der Waals surface area contributed by atoms with Gasteiger partial charge in [0.25, 0.3) is 0 Å². The zero-order chi connectivity index (χ0) is 12.5. The summed E-state index contributed by atoms with van der Waals surface area (Å²) in [6.07, 6.45) is 0. The molecule has 0 radical (unpaired) electrons. The molecule has 17 heavy (non-hydrogen) atoms. The molecule has 0 aliphatic carbocycles. The molecule has 3 nitrogen and oxygen atoms in total. The van der Waals surface area contributed by atoms with Gasteiger partial charge < -0.3 is 10.5 Å². The Morgan fingerprint density at radius 3 is 2.88 bits per heavy atom. The van der Waals surface area contributed by atoms with Gasteiger partial charge in [-0.1, -0.05) is 6.07 Å². The van der Waals surface area contributed by atoms with Crippen LogP contribution in [0.1, 0.15) is 19.4 Å². The van der Waals surface area contributed by atoms with Crippen molar-refractivity contribution in [3.63, 3.8) is 0 Å². The fourth-order valence-electron chi connectivity index (χ4n) is 2.10. The first-order valence-corrected chi connectivity index (χ1v) is 6.65. The number of nitrogens with zero attached hydrogens (tertiary/aromatic N) is 1. The standard InChI is InChI=1S/C13H19BrN2O/c1-13(2)9-17-6-5-16(13)8-10-3-4-11(14)12(15)7-10/h3-4,7H,5-6,8-9,15H2,1-2H3. The minimum Gasteiger partial charge on any atom is -0.398 e. The highest BCUT2D eigenvalue weighted by Gasteiger charge is 2.30. The molecule has 1 aliphatic heterocycles. The Kier molecular flexibility index (Phi) is 3.76. The van der Waals surface area contributed by atoms with Gasteiger partial charge in [0.2, 0.25) is 0 Å². The van der Waals surface area contributed by atoms with Gasteiger partial charge in [0.1, 0.15) is 0 Å². The van der Waals surface area contributed by atoms with E-state index in [-0.39, 0.29) is 5.54 Å². The summed E-state index contributed by atoms with van der Waals surface area (Å²) in [7, 11) is 0. The van der Waals surface area contributed by atoms with Gasteiger partial charge >= 0.3 is 0 Å². The van der Waals surface area contributed by atoms with Gasteiger partial charge in [0, 0.05) is 28.8 Å². The Labute approximate surface area is 111 Å². The molecular formula is C13H19BrN2O. The molecule has 0 unspecified atom stereocenters. The van der Waals surface area contributed by atoms with Gasteiger partial charge in [-0.05, 0) is 47.5 Å². The van der Waals surface area contributed by atoms with Gasteiger partial charge in [-0.15, -0.1) is 0 Å². The van der Waals surface area contributed by atoms with Crippen LogP contribution in [0.3, 0.4) is 0 Å². The maximum absolute atomic E-state index is 5.90. The Bertz CT molecular complexity index is 406. The van der Waals surface area contributed by atoms with Crippen LogP contribution in [0.25, 0.3) is 0 Å². The number of hydrogen-bond donors (Lipinski definition) is 1. The average molecular weight is 299 g/mol. The van der Waals surface area contributed by atoms with Crippen molar-refractivity contribution in [1.29, 1.82) is 0 Å². The molecule has 1 heterocycles. The number of nitrogens with two attached hydrogens (primary N) is 1. The second-order valence-electron chi connectivity index (χ2n) is 5.14. The predicted octanol–water partition coefficient (Wildman–Crippen LogP) is 2.64. The summed E-state index contributed by atoms with van der Waals surface area (Å²) in [6, 6.07) is 6.17. The molecule has 2 N–H and O–H groups in total. The van der Waals surface area contributed by atoms with E-state index in [0.29, 0.717) is 0 Å². The first-order chi connectivity index (χ1) is 7.99. The zero-order valence-corrected chi connectivity index (χ0v) is 12.0. The quantitative estimate of drug-likeness (QED) is 0.853. The third kappa shape index (κ3) is 3.00. The lowest BCUT2D eigenvalue weighted by Crippen LogP contribution is -2.52. The van der Waals surface area contributed by atoms with Crippen LogP contribution < -0.4 is 5.73 Å². The van der Waals surface area contributed by atoms with Crippen LogP contribution in [0.2, 0.25) is 0 Å². The van der Waals surface area contributed by atoms with Gasteiger partial charge in [0.05, 0.1) is 13.2 Å². The summed E-state index contributed by atoms with van der Waals surface area (Å²) in [4.78, 5) is 2.44. The van der Waals surface area contributed by atoms with E-state index < -0.39 is 0 Å². The summed E-state index contributed by atoms with van der Waals surface area (Å²) in [5.74, 6) is 0. The largest absolute Gasteiger partial charge is 0.398 e. The Morgan fingerprint density at radius 2 is 2.24 bits per heavy atom. The molecule has 0 saturated carbocycles. The highest BCUT2D eigenvalue weighted by Crippen LogP contribution is 2.25. The van der Waals surface area contributed by atoms with Gasteiger partial charge in [-0.25, -0.2) is 0 Å². The van der Waals surface area contributed by atoms with E-state index >= 15 is 0 Å². The third-order valence-corrected chi connectivity index (χ3v) is 3.97. The molecule has 1 fully saturated rings. The highest BCUT2D eigenvalue weighted by atomic mass is 79.9. The van der Waals surface area contributed by atoms with Crippen LogP contribution in [-0.4, -0.2) is 30.2 Å². The normalized spacial score (nSPS) is 20.4. The van der Waals surface area contributed by atoms with Gasteiger partial charge in [0.15, 0.2) is 0 Å². The maximum atomic E-state index is 5.90. The molecule has 0 spiro atoms. The molecule has 0 bridgehead atoms. The molecule has 1 saturated heterocycles. The van der Waals surface area contributed by atoms with E-state index in [9.17, 15) is 0 Å². The summed E-state index contributed by atoms with van der Waals surface area (Å²) in [6.45, 7) is 7.94. The van der Waals surface area contributed by atoms with E-state index in [2.05, 4.69) is 40.7 Å². The van der Waals surface area contributed by atoms with Crippen molar-refractivity contribution in [3.05, 3.63) is 28.2 Å². The molecule has 1 aliphatic rings. The molecule has 94 valence electrons. The molecule has 1 aromatic rings. The summed E-state index contributed by atoms with van der Waals surface area (Å²) in [5.41, 5.74) is 8.05. The minimum atomic E-state index is 0.0973. The van der Waals surface area contributed by atoms with Crippen LogP contribution in [0, 0.1) is 0 Å². The Balaban J connectivity index is 2.11. The average Bonchev–Trinajstić information content (AvgIpc) is 2.26. The maximum Gasteiger partial charge on any atom is 0.0645 e. The van der Waals surface area contributed by atoms with E-state index in [1.54, 1.807) is 0 Å². The summed E-state index contributed by atoms with van der Waals surface area (Å²) in [5, 5.41) is 0.